The number of rotatable bonds is 9. The van der Waals surface area contributed by atoms with E-state index in [9.17, 15) is 4.79 Å². The number of halogens is 1. The van der Waals surface area contributed by atoms with Crippen molar-refractivity contribution in [3.8, 4) is 5.75 Å². The number of anilines is 3. The van der Waals surface area contributed by atoms with E-state index in [2.05, 4.69) is 36.5 Å². The largest absolute Gasteiger partial charge is 0.492 e. The molecule has 0 radical (unpaired) electrons. The first kappa shape index (κ1) is 22.3. The van der Waals surface area contributed by atoms with Gasteiger partial charge in [0, 0.05) is 38.5 Å². The van der Waals surface area contributed by atoms with E-state index in [1.54, 1.807) is 30.3 Å². The van der Waals surface area contributed by atoms with Crippen molar-refractivity contribution in [3.05, 3.63) is 34.4 Å². The number of morpholine rings is 1. The molecule has 0 unspecified atom stereocenters. The first-order valence-corrected chi connectivity index (χ1v) is 10.6. The van der Waals surface area contributed by atoms with Crippen LogP contribution in [0.4, 0.5) is 17.5 Å². The predicted octanol–water partition coefficient (Wildman–Crippen LogP) is 2.91. The van der Waals surface area contributed by atoms with E-state index < -0.39 is 0 Å². The molecule has 1 saturated heterocycles. The Balaban J connectivity index is 1.78. The molecule has 30 heavy (non-hydrogen) atoms. The SMILES string of the molecule is CCOc1cc(C(=O)N2CCOCC2)ccc1Nc1ncc(Br)c(NCCOC)n1. The Morgan fingerprint density at radius 1 is 1.33 bits per heavy atom. The molecule has 3 rings (SSSR count). The zero-order chi connectivity index (χ0) is 21.3. The molecule has 1 amide bonds. The highest BCUT2D eigenvalue weighted by Gasteiger charge is 2.20. The zero-order valence-corrected chi connectivity index (χ0v) is 18.7. The number of nitrogens with one attached hydrogen (secondary N) is 2. The van der Waals surface area contributed by atoms with Gasteiger partial charge in [0.05, 0.1) is 36.6 Å². The van der Waals surface area contributed by atoms with Crippen LogP contribution in [-0.4, -0.2) is 73.9 Å². The molecule has 0 saturated carbocycles. The third kappa shape index (κ3) is 5.80. The lowest BCUT2D eigenvalue weighted by molar-refractivity contribution is 0.0302. The summed E-state index contributed by atoms with van der Waals surface area (Å²) in [4.78, 5) is 23.4. The smallest absolute Gasteiger partial charge is 0.254 e. The second kappa shape index (κ2) is 11.1. The summed E-state index contributed by atoms with van der Waals surface area (Å²) in [7, 11) is 1.65. The van der Waals surface area contributed by atoms with Crippen LogP contribution in [-0.2, 0) is 9.47 Å². The summed E-state index contributed by atoms with van der Waals surface area (Å²) >= 11 is 3.44. The summed E-state index contributed by atoms with van der Waals surface area (Å²) in [5.41, 5.74) is 1.25. The van der Waals surface area contributed by atoms with Gasteiger partial charge in [-0.15, -0.1) is 0 Å². The van der Waals surface area contributed by atoms with Gasteiger partial charge in [0.1, 0.15) is 11.6 Å². The monoisotopic (exact) mass is 479 g/mol. The number of benzene rings is 1. The van der Waals surface area contributed by atoms with Crippen LogP contribution in [0.1, 0.15) is 17.3 Å². The maximum atomic E-state index is 12.8. The van der Waals surface area contributed by atoms with E-state index in [-0.39, 0.29) is 5.91 Å². The maximum Gasteiger partial charge on any atom is 0.254 e. The van der Waals surface area contributed by atoms with Gasteiger partial charge in [-0.3, -0.25) is 4.79 Å². The van der Waals surface area contributed by atoms with Crippen LogP contribution >= 0.6 is 15.9 Å². The van der Waals surface area contributed by atoms with E-state index in [1.165, 1.54) is 0 Å². The van der Waals surface area contributed by atoms with Crippen molar-refractivity contribution in [1.82, 2.24) is 14.9 Å². The Labute approximate surface area is 184 Å². The number of aromatic nitrogens is 2. The third-order valence-electron chi connectivity index (χ3n) is 4.42. The van der Waals surface area contributed by atoms with Crippen molar-refractivity contribution in [1.29, 1.82) is 0 Å². The van der Waals surface area contributed by atoms with Gasteiger partial charge in [-0.25, -0.2) is 4.98 Å². The minimum Gasteiger partial charge on any atom is -0.492 e. The van der Waals surface area contributed by atoms with Gasteiger partial charge < -0.3 is 29.7 Å². The molecule has 2 aromatic rings. The molecule has 1 aromatic carbocycles. The fourth-order valence-electron chi connectivity index (χ4n) is 2.93. The van der Waals surface area contributed by atoms with Crippen LogP contribution < -0.4 is 15.4 Å². The van der Waals surface area contributed by atoms with Crippen molar-refractivity contribution in [3.63, 3.8) is 0 Å². The molecule has 1 aliphatic rings. The summed E-state index contributed by atoms with van der Waals surface area (Å²) in [5, 5.41) is 6.36. The lowest BCUT2D eigenvalue weighted by Crippen LogP contribution is -2.40. The average molecular weight is 480 g/mol. The first-order chi connectivity index (χ1) is 14.6. The van der Waals surface area contributed by atoms with Gasteiger partial charge in [0.15, 0.2) is 0 Å². The molecule has 10 heteroatoms. The number of amides is 1. The van der Waals surface area contributed by atoms with Crippen molar-refractivity contribution in [2.24, 2.45) is 0 Å². The summed E-state index contributed by atoms with van der Waals surface area (Å²) < 4.78 is 16.9. The molecule has 0 aliphatic carbocycles. The minimum atomic E-state index is -0.0321. The van der Waals surface area contributed by atoms with Gasteiger partial charge in [0.2, 0.25) is 5.95 Å². The highest BCUT2D eigenvalue weighted by atomic mass is 79.9. The average Bonchev–Trinajstić information content (AvgIpc) is 2.77. The van der Waals surface area contributed by atoms with Gasteiger partial charge in [-0.1, -0.05) is 0 Å². The fraction of sp³-hybridized carbons (Fsp3) is 0.450. The number of carbonyl (C=O) groups excluding carboxylic acids is 1. The maximum absolute atomic E-state index is 12.8. The quantitative estimate of drug-likeness (QED) is 0.529. The number of ether oxygens (including phenoxy) is 3. The van der Waals surface area contributed by atoms with E-state index in [1.807, 2.05) is 13.0 Å². The highest BCUT2D eigenvalue weighted by molar-refractivity contribution is 9.10. The molecule has 0 spiro atoms. The molecular weight excluding hydrogens is 454 g/mol. The topological polar surface area (TPSA) is 97.8 Å². The zero-order valence-electron chi connectivity index (χ0n) is 17.1. The van der Waals surface area contributed by atoms with Gasteiger partial charge >= 0.3 is 0 Å². The van der Waals surface area contributed by atoms with E-state index >= 15 is 0 Å². The first-order valence-electron chi connectivity index (χ1n) is 9.78. The predicted molar refractivity (Wildman–Crippen MR) is 118 cm³/mol. The fourth-order valence-corrected chi connectivity index (χ4v) is 3.26. The van der Waals surface area contributed by atoms with Crippen LogP contribution in [0.5, 0.6) is 5.75 Å². The number of carbonyl (C=O) groups is 1. The molecule has 2 N–H and O–H groups in total. The summed E-state index contributed by atoms with van der Waals surface area (Å²) in [6, 6.07) is 5.33. The van der Waals surface area contributed by atoms with E-state index in [4.69, 9.17) is 14.2 Å². The standard InChI is InChI=1S/C20H26BrN5O4/c1-3-30-17-12-14(19(27)26-7-10-29-11-8-26)4-5-16(17)24-20-23-13-15(21)18(25-20)22-6-9-28-2/h4-5,12-13H,3,6-11H2,1-2H3,(H2,22,23,24,25). The summed E-state index contributed by atoms with van der Waals surface area (Å²) in [5.74, 6) is 1.60. The number of hydrogen-bond acceptors (Lipinski definition) is 8. The normalized spacial score (nSPS) is 13.8. The summed E-state index contributed by atoms with van der Waals surface area (Å²) in [6.45, 7) is 5.85. The van der Waals surface area contributed by atoms with Crippen molar-refractivity contribution in [2.45, 2.75) is 6.92 Å². The van der Waals surface area contributed by atoms with Crippen molar-refractivity contribution < 1.29 is 19.0 Å². The lowest BCUT2D eigenvalue weighted by Gasteiger charge is -2.27. The Bertz CT molecular complexity index is 861. The van der Waals surface area contributed by atoms with Gasteiger partial charge in [0.25, 0.3) is 5.91 Å². The third-order valence-corrected chi connectivity index (χ3v) is 5.00. The molecule has 1 fully saturated rings. The Morgan fingerprint density at radius 2 is 2.13 bits per heavy atom. The highest BCUT2D eigenvalue weighted by Crippen LogP contribution is 2.30. The molecule has 1 aliphatic heterocycles. The molecule has 162 valence electrons. The Hall–Kier alpha value is -2.43. The molecular formula is C20H26BrN5O4. The van der Waals surface area contributed by atoms with E-state index in [0.29, 0.717) is 74.8 Å². The number of nitrogens with zero attached hydrogens (tertiary/aromatic N) is 3. The van der Waals surface area contributed by atoms with Gasteiger partial charge in [-0.05, 0) is 41.1 Å². The Kier molecular flexibility index (Phi) is 8.23. The molecule has 1 aromatic heterocycles. The van der Waals surface area contributed by atoms with Crippen LogP contribution in [0.15, 0.2) is 28.9 Å². The second-order valence-electron chi connectivity index (χ2n) is 6.48. The lowest BCUT2D eigenvalue weighted by atomic mass is 10.1. The van der Waals surface area contributed by atoms with E-state index in [0.717, 1.165) is 4.47 Å². The second-order valence-corrected chi connectivity index (χ2v) is 7.34. The molecule has 0 atom stereocenters. The van der Waals surface area contributed by atoms with Crippen LogP contribution in [0.3, 0.4) is 0 Å². The van der Waals surface area contributed by atoms with Crippen molar-refractivity contribution in [2.75, 3.05) is 63.8 Å². The van der Waals surface area contributed by atoms with Crippen LogP contribution in [0.25, 0.3) is 0 Å². The number of methoxy groups -OCH3 is 1. The molecule has 0 bridgehead atoms. The molecule has 2 heterocycles. The Morgan fingerprint density at radius 3 is 2.87 bits per heavy atom. The minimum absolute atomic E-state index is 0.0321. The number of hydrogen-bond donors (Lipinski definition) is 2. The van der Waals surface area contributed by atoms with Crippen LogP contribution in [0, 0.1) is 0 Å². The van der Waals surface area contributed by atoms with Gasteiger partial charge in [-0.2, -0.15) is 4.98 Å². The summed E-state index contributed by atoms with van der Waals surface area (Å²) in [6.07, 6.45) is 1.67. The molecule has 9 nitrogen and oxygen atoms in total. The van der Waals surface area contributed by atoms with Crippen LogP contribution in [0.2, 0.25) is 0 Å². The van der Waals surface area contributed by atoms with Crippen molar-refractivity contribution >= 4 is 39.3 Å².